The Balaban J connectivity index is 0.00000220. The summed E-state index contributed by atoms with van der Waals surface area (Å²) in [6.07, 6.45) is 1.97. The highest BCUT2D eigenvalue weighted by Gasteiger charge is 2.35. The molecule has 0 atom stereocenters. The average molecular weight is 287 g/mol. The summed E-state index contributed by atoms with van der Waals surface area (Å²) < 4.78 is 6.26. The number of allylic oxidation sites excluding steroid dienone is 1. The minimum atomic E-state index is -0.316. The van der Waals surface area contributed by atoms with Gasteiger partial charge >= 0.3 is 0 Å². The van der Waals surface area contributed by atoms with Gasteiger partial charge in [0.1, 0.15) is 11.4 Å². The monoisotopic (exact) mass is 287 g/mol. The van der Waals surface area contributed by atoms with Crippen LogP contribution in [0.25, 0.3) is 5.57 Å². The molecule has 1 aliphatic heterocycles. The highest BCUT2D eigenvalue weighted by molar-refractivity contribution is 5.81. The van der Waals surface area contributed by atoms with E-state index in [-0.39, 0.29) is 11.8 Å². The van der Waals surface area contributed by atoms with Crippen LogP contribution in [0.15, 0.2) is 36.4 Å². The van der Waals surface area contributed by atoms with Crippen molar-refractivity contribution in [3.8, 4) is 5.75 Å². The lowest BCUT2D eigenvalue weighted by atomic mass is 9.78. The minimum absolute atomic E-state index is 0. The Labute approximate surface area is 129 Å². The van der Waals surface area contributed by atoms with E-state index in [1.165, 1.54) is 22.3 Å². The van der Waals surface area contributed by atoms with Gasteiger partial charge in [-0.2, -0.15) is 0 Å². The van der Waals surface area contributed by atoms with Gasteiger partial charge in [-0.3, -0.25) is 0 Å². The van der Waals surface area contributed by atoms with Gasteiger partial charge in [-0.15, -0.1) is 0 Å². The van der Waals surface area contributed by atoms with E-state index in [1.807, 2.05) is 6.08 Å². The van der Waals surface area contributed by atoms with Gasteiger partial charge < -0.3 is 10.9 Å². The van der Waals surface area contributed by atoms with Crippen molar-refractivity contribution in [2.24, 2.45) is 5.92 Å². The number of hydrogen-bond acceptors (Lipinski definition) is 2. The number of ether oxygens (including phenoxy) is 1. The summed E-state index contributed by atoms with van der Waals surface area (Å²) in [6, 6.07) is 6.40. The van der Waals surface area contributed by atoms with Crippen LogP contribution in [0.1, 0.15) is 58.6 Å². The normalized spacial score (nSPS) is 16.4. The molecule has 0 aliphatic carbocycles. The number of hydrogen-bond donors (Lipinski definition) is 1. The van der Waals surface area contributed by atoms with Crippen molar-refractivity contribution in [1.82, 2.24) is 6.15 Å². The van der Waals surface area contributed by atoms with Gasteiger partial charge in [0.2, 0.25) is 0 Å². The van der Waals surface area contributed by atoms with Gasteiger partial charge in [0, 0.05) is 5.56 Å². The Hall–Kier alpha value is -1.54. The SMILES string of the molecule is C=CC1=C(C(C)C)c2c(cccc2C(C)C)OC1(C)C.N. The smallest absolute Gasteiger partial charge is 0.129 e. The van der Waals surface area contributed by atoms with E-state index < -0.39 is 0 Å². The molecule has 1 aliphatic rings. The van der Waals surface area contributed by atoms with Gasteiger partial charge in [-0.05, 0) is 48.5 Å². The highest BCUT2D eigenvalue weighted by Crippen LogP contribution is 2.47. The summed E-state index contributed by atoms with van der Waals surface area (Å²) in [7, 11) is 0. The Morgan fingerprint density at radius 3 is 2.19 bits per heavy atom. The zero-order valence-corrected chi connectivity index (χ0v) is 14.3. The highest BCUT2D eigenvalue weighted by atomic mass is 16.5. The third kappa shape index (κ3) is 2.91. The molecule has 0 amide bonds. The molecule has 0 aromatic heterocycles. The first-order chi connectivity index (χ1) is 9.29. The topological polar surface area (TPSA) is 44.2 Å². The summed E-state index contributed by atoms with van der Waals surface area (Å²) in [5.41, 5.74) is 4.93. The number of fused-ring (bicyclic) bond motifs is 1. The van der Waals surface area contributed by atoms with Crippen molar-refractivity contribution >= 4 is 5.57 Å². The van der Waals surface area contributed by atoms with E-state index in [0.29, 0.717) is 11.8 Å². The van der Waals surface area contributed by atoms with E-state index in [0.717, 1.165) is 5.75 Å². The molecule has 0 radical (unpaired) electrons. The lowest BCUT2D eigenvalue weighted by Crippen LogP contribution is -2.35. The quantitative estimate of drug-likeness (QED) is 0.770. The lowest BCUT2D eigenvalue weighted by Gasteiger charge is -2.38. The van der Waals surface area contributed by atoms with Crippen molar-refractivity contribution in [3.05, 3.63) is 47.6 Å². The van der Waals surface area contributed by atoms with Gasteiger partial charge in [-0.25, -0.2) is 0 Å². The Bertz CT molecular complexity index is 565. The van der Waals surface area contributed by atoms with Crippen LogP contribution in [-0.2, 0) is 0 Å². The molecule has 3 N–H and O–H groups in total. The molecule has 0 fully saturated rings. The first kappa shape index (κ1) is 17.5. The average Bonchev–Trinajstić information content (AvgIpc) is 2.34. The summed E-state index contributed by atoms with van der Waals surface area (Å²) in [5, 5.41) is 0. The fourth-order valence-corrected chi connectivity index (χ4v) is 3.15. The maximum atomic E-state index is 6.26. The van der Waals surface area contributed by atoms with E-state index in [1.54, 1.807) is 0 Å². The third-order valence-electron chi connectivity index (χ3n) is 4.04. The molecule has 1 heterocycles. The van der Waals surface area contributed by atoms with E-state index in [2.05, 4.69) is 66.3 Å². The lowest BCUT2D eigenvalue weighted by molar-refractivity contribution is 0.147. The molecule has 0 spiro atoms. The van der Waals surface area contributed by atoms with Crippen LogP contribution in [0.3, 0.4) is 0 Å². The zero-order chi connectivity index (χ0) is 15.1. The van der Waals surface area contributed by atoms with E-state index in [4.69, 9.17) is 4.74 Å². The maximum Gasteiger partial charge on any atom is 0.129 e. The predicted molar refractivity (Wildman–Crippen MR) is 92.2 cm³/mol. The number of benzene rings is 1. The van der Waals surface area contributed by atoms with Crippen molar-refractivity contribution in [2.45, 2.75) is 53.1 Å². The van der Waals surface area contributed by atoms with Crippen molar-refractivity contribution in [3.63, 3.8) is 0 Å². The fourth-order valence-electron chi connectivity index (χ4n) is 3.15. The van der Waals surface area contributed by atoms with E-state index in [9.17, 15) is 0 Å². The molecule has 0 saturated carbocycles. The zero-order valence-electron chi connectivity index (χ0n) is 14.3. The molecule has 2 heteroatoms. The minimum Gasteiger partial charge on any atom is -0.483 e. The maximum absolute atomic E-state index is 6.26. The van der Waals surface area contributed by atoms with Gasteiger partial charge in [0.25, 0.3) is 0 Å². The van der Waals surface area contributed by atoms with Gasteiger partial charge in [0.05, 0.1) is 0 Å². The standard InChI is InChI=1S/C19H26O.H3N/c1-8-15-17(13(4)5)18-14(12(2)3)10-9-11-16(18)20-19(15,6)7;/h8-13H,1H2,2-7H3;1H3. The van der Waals surface area contributed by atoms with E-state index >= 15 is 0 Å². The molecule has 116 valence electrons. The molecule has 0 bridgehead atoms. The van der Waals surface area contributed by atoms with Crippen molar-refractivity contribution in [1.29, 1.82) is 0 Å². The largest absolute Gasteiger partial charge is 0.483 e. The summed E-state index contributed by atoms with van der Waals surface area (Å²) in [4.78, 5) is 0. The summed E-state index contributed by atoms with van der Waals surface area (Å²) in [5.74, 6) is 1.94. The van der Waals surface area contributed by atoms with Crippen LogP contribution < -0.4 is 10.9 Å². The van der Waals surface area contributed by atoms with Crippen LogP contribution in [0.2, 0.25) is 0 Å². The molecule has 2 nitrogen and oxygen atoms in total. The predicted octanol–water partition coefficient (Wildman–Crippen LogP) is 5.74. The van der Waals surface area contributed by atoms with Gasteiger partial charge in [0.15, 0.2) is 0 Å². The Kier molecular flexibility index (Phi) is 5.06. The van der Waals surface area contributed by atoms with Crippen molar-refractivity contribution in [2.75, 3.05) is 0 Å². The van der Waals surface area contributed by atoms with Crippen molar-refractivity contribution < 1.29 is 4.74 Å². The fraction of sp³-hybridized carbons (Fsp3) is 0.474. The van der Waals surface area contributed by atoms with Crippen LogP contribution in [0, 0.1) is 5.92 Å². The first-order valence-corrected chi connectivity index (χ1v) is 7.49. The molecular weight excluding hydrogens is 258 g/mol. The molecule has 0 unspecified atom stereocenters. The second-order valence-corrected chi connectivity index (χ2v) is 6.67. The molecule has 2 rings (SSSR count). The molecular formula is C19H29NO. The first-order valence-electron chi connectivity index (χ1n) is 7.49. The summed E-state index contributed by atoms with van der Waals surface area (Å²) >= 11 is 0. The third-order valence-corrected chi connectivity index (χ3v) is 4.04. The second kappa shape index (κ2) is 6.07. The Morgan fingerprint density at radius 1 is 1.10 bits per heavy atom. The van der Waals surface area contributed by atoms with Crippen LogP contribution >= 0.6 is 0 Å². The molecule has 1 aromatic carbocycles. The second-order valence-electron chi connectivity index (χ2n) is 6.67. The Morgan fingerprint density at radius 2 is 1.71 bits per heavy atom. The number of rotatable bonds is 3. The molecule has 1 aromatic rings. The van der Waals surface area contributed by atoms with Crippen LogP contribution in [0.5, 0.6) is 5.75 Å². The van der Waals surface area contributed by atoms with Gasteiger partial charge in [-0.1, -0.05) is 52.5 Å². The van der Waals surface area contributed by atoms with Crippen LogP contribution in [-0.4, -0.2) is 5.60 Å². The molecule has 0 saturated heterocycles. The van der Waals surface area contributed by atoms with Crippen LogP contribution in [0.4, 0.5) is 0 Å². The summed E-state index contributed by atoms with van der Waals surface area (Å²) in [6.45, 7) is 17.2. The molecule has 21 heavy (non-hydrogen) atoms.